The zero-order valence-electron chi connectivity index (χ0n) is 10.7. The molecule has 0 aromatic carbocycles. The van der Waals surface area contributed by atoms with E-state index in [1.807, 2.05) is 18.3 Å². The fraction of sp³-hybridized carbons (Fsp3) is 0.357. The van der Waals surface area contributed by atoms with Crippen LogP contribution in [0, 0.1) is 0 Å². The summed E-state index contributed by atoms with van der Waals surface area (Å²) in [6, 6.07) is 6.08. The molecule has 3 nitrogen and oxygen atoms in total. The molecule has 4 heteroatoms. The highest BCUT2D eigenvalue weighted by atomic mass is 32.1. The van der Waals surface area contributed by atoms with E-state index in [9.17, 15) is 0 Å². The molecule has 2 heterocycles. The van der Waals surface area contributed by atoms with Crippen LogP contribution in [0.5, 0.6) is 5.75 Å². The van der Waals surface area contributed by atoms with Gasteiger partial charge in [0.05, 0.1) is 13.2 Å². The molecule has 0 radical (unpaired) electrons. The second kappa shape index (κ2) is 6.52. The van der Waals surface area contributed by atoms with Gasteiger partial charge in [-0.2, -0.15) is 11.3 Å². The summed E-state index contributed by atoms with van der Waals surface area (Å²) in [6.07, 6.45) is 2.90. The molecule has 2 rings (SSSR count). The lowest BCUT2D eigenvalue weighted by atomic mass is 10.1. The first-order valence-corrected chi connectivity index (χ1v) is 7.05. The van der Waals surface area contributed by atoms with Gasteiger partial charge in [-0.15, -0.1) is 0 Å². The number of ether oxygens (including phenoxy) is 1. The fourth-order valence-corrected chi connectivity index (χ4v) is 2.58. The van der Waals surface area contributed by atoms with Crippen molar-refractivity contribution < 1.29 is 4.74 Å². The Hall–Kier alpha value is -1.39. The van der Waals surface area contributed by atoms with Gasteiger partial charge in [0.15, 0.2) is 0 Å². The molecule has 0 aliphatic carbocycles. The van der Waals surface area contributed by atoms with Gasteiger partial charge in [-0.1, -0.05) is 6.92 Å². The van der Waals surface area contributed by atoms with Crippen LogP contribution in [0.2, 0.25) is 0 Å². The first-order chi connectivity index (χ1) is 8.86. The fourth-order valence-electron chi connectivity index (χ4n) is 1.89. The lowest BCUT2D eigenvalue weighted by Gasteiger charge is -2.19. The summed E-state index contributed by atoms with van der Waals surface area (Å²) >= 11 is 1.70. The van der Waals surface area contributed by atoms with Crippen molar-refractivity contribution in [2.75, 3.05) is 13.7 Å². The van der Waals surface area contributed by atoms with E-state index >= 15 is 0 Å². The highest BCUT2D eigenvalue weighted by Gasteiger charge is 2.18. The van der Waals surface area contributed by atoms with Crippen LogP contribution in [-0.2, 0) is 0 Å². The molecule has 0 aliphatic heterocycles. The van der Waals surface area contributed by atoms with Crippen LogP contribution >= 0.6 is 11.3 Å². The maximum absolute atomic E-state index is 5.41. The summed E-state index contributed by atoms with van der Waals surface area (Å²) in [5.74, 6) is 0.831. The molecule has 0 amide bonds. The molecule has 0 aliphatic rings. The highest BCUT2D eigenvalue weighted by Crippen LogP contribution is 2.29. The summed E-state index contributed by atoms with van der Waals surface area (Å²) in [5, 5.41) is 7.77. The second-order valence-electron chi connectivity index (χ2n) is 4.03. The number of pyridine rings is 1. The van der Waals surface area contributed by atoms with Gasteiger partial charge in [-0.05, 0) is 47.5 Å². The van der Waals surface area contributed by atoms with Crippen molar-refractivity contribution in [3.8, 4) is 5.75 Å². The van der Waals surface area contributed by atoms with Gasteiger partial charge < -0.3 is 10.1 Å². The number of methoxy groups -OCH3 is 1. The van der Waals surface area contributed by atoms with Gasteiger partial charge in [0.2, 0.25) is 0 Å². The standard InChI is InChI=1S/C14H18N2OS/c1-3-7-15-13(11-6-9-18-10-11)14-12(17-2)5-4-8-16-14/h4-6,8-10,13,15H,3,7H2,1-2H3. The van der Waals surface area contributed by atoms with Crippen molar-refractivity contribution >= 4 is 11.3 Å². The van der Waals surface area contributed by atoms with Crippen molar-refractivity contribution in [3.63, 3.8) is 0 Å². The largest absolute Gasteiger partial charge is 0.495 e. The van der Waals surface area contributed by atoms with E-state index < -0.39 is 0 Å². The predicted molar refractivity (Wildman–Crippen MR) is 75.2 cm³/mol. The van der Waals surface area contributed by atoms with Crippen molar-refractivity contribution in [1.82, 2.24) is 10.3 Å². The number of nitrogens with zero attached hydrogens (tertiary/aromatic N) is 1. The average Bonchev–Trinajstić information content (AvgIpc) is 2.94. The molecular weight excluding hydrogens is 244 g/mol. The Morgan fingerprint density at radius 2 is 2.33 bits per heavy atom. The predicted octanol–water partition coefficient (Wildman–Crippen LogP) is 3.24. The van der Waals surface area contributed by atoms with E-state index in [-0.39, 0.29) is 6.04 Å². The first-order valence-electron chi connectivity index (χ1n) is 6.11. The Balaban J connectivity index is 2.33. The minimum atomic E-state index is 0.104. The van der Waals surface area contributed by atoms with E-state index in [0.29, 0.717) is 0 Å². The minimum absolute atomic E-state index is 0.104. The summed E-state index contributed by atoms with van der Waals surface area (Å²) in [7, 11) is 1.69. The Labute approximate surface area is 112 Å². The summed E-state index contributed by atoms with van der Waals surface area (Å²) in [4.78, 5) is 4.48. The normalized spacial score (nSPS) is 12.3. The number of hydrogen-bond donors (Lipinski definition) is 1. The molecule has 1 unspecified atom stereocenters. The number of hydrogen-bond acceptors (Lipinski definition) is 4. The van der Waals surface area contributed by atoms with Crippen LogP contribution in [0.4, 0.5) is 0 Å². The Bertz CT molecular complexity index is 470. The molecule has 0 saturated heterocycles. The topological polar surface area (TPSA) is 34.2 Å². The smallest absolute Gasteiger partial charge is 0.142 e. The van der Waals surface area contributed by atoms with Crippen LogP contribution in [-0.4, -0.2) is 18.6 Å². The van der Waals surface area contributed by atoms with Gasteiger partial charge >= 0.3 is 0 Å². The molecular formula is C14H18N2OS. The number of thiophene rings is 1. The molecule has 96 valence electrons. The van der Waals surface area contributed by atoms with E-state index in [2.05, 4.69) is 34.1 Å². The van der Waals surface area contributed by atoms with Gasteiger partial charge in [0.25, 0.3) is 0 Å². The van der Waals surface area contributed by atoms with Crippen LogP contribution in [0.3, 0.4) is 0 Å². The Morgan fingerprint density at radius 1 is 1.44 bits per heavy atom. The van der Waals surface area contributed by atoms with Crippen molar-refractivity contribution in [1.29, 1.82) is 0 Å². The molecule has 0 fully saturated rings. The quantitative estimate of drug-likeness (QED) is 0.867. The van der Waals surface area contributed by atoms with Gasteiger partial charge in [-0.25, -0.2) is 0 Å². The molecule has 0 saturated carbocycles. The van der Waals surface area contributed by atoms with Gasteiger partial charge in [-0.3, -0.25) is 4.98 Å². The monoisotopic (exact) mass is 262 g/mol. The zero-order valence-corrected chi connectivity index (χ0v) is 11.5. The lowest BCUT2D eigenvalue weighted by molar-refractivity contribution is 0.400. The molecule has 2 aromatic heterocycles. The van der Waals surface area contributed by atoms with Crippen LogP contribution < -0.4 is 10.1 Å². The molecule has 0 bridgehead atoms. The third-order valence-electron chi connectivity index (χ3n) is 2.77. The average molecular weight is 262 g/mol. The maximum Gasteiger partial charge on any atom is 0.142 e. The SMILES string of the molecule is CCCNC(c1ccsc1)c1ncccc1OC. The summed E-state index contributed by atoms with van der Waals surface area (Å²) in [5.41, 5.74) is 2.19. The van der Waals surface area contributed by atoms with Crippen LogP contribution in [0.25, 0.3) is 0 Å². The van der Waals surface area contributed by atoms with Crippen LogP contribution in [0.1, 0.15) is 30.6 Å². The van der Waals surface area contributed by atoms with E-state index in [1.54, 1.807) is 18.4 Å². The Kier molecular flexibility index (Phi) is 4.73. The maximum atomic E-state index is 5.41. The van der Waals surface area contributed by atoms with Crippen molar-refractivity contribution in [2.45, 2.75) is 19.4 Å². The van der Waals surface area contributed by atoms with Crippen LogP contribution in [0.15, 0.2) is 35.2 Å². The molecule has 18 heavy (non-hydrogen) atoms. The highest BCUT2D eigenvalue weighted by molar-refractivity contribution is 7.08. The third-order valence-corrected chi connectivity index (χ3v) is 3.47. The third kappa shape index (κ3) is 2.89. The van der Waals surface area contributed by atoms with Gasteiger partial charge in [0, 0.05) is 6.20 Å². The van der Waals surface area contributed by atoms with Crippen molar-refractivity contribution in [3.05, 3.63) is 46.4 Å². The number of rotatable bonds is 6. The summed E-state index contributed by atoms with van der Waals surface area (Å²) < 4.78 is 5.41. The van der Waals surface area contributed by atoms with Gasteiger partial charge in [0.1, 0.15) is 11.4 Å². The second-order valence-corrected chi connectivity index (χ2v) is 4.81. The number of aromatic nitrogens is 1. The van der Waals surface area contributed by atoms with E-state index in [1.165, 1.54) is 5.56 Å². The molecule has 1 atom stereocenters. The zero-order chi connectivity index (χ0) is 12.8. The summed E-state index contributed by atoms with van der Waals surface area (Å²) in [6.45, 7) is 3.12. The van der Waals surface area contributed by atoms with E-state index in [0.717, 1.165) is 24.4 Å². The molecule has 0 spiro atoms. The minimum Gasteiger partial charge on any atom is -0.495 e. The molecule has 2 aromatic rings. The molecule has 1 N–H and O–H groups in total. The van der Waals surface area contributed by atoms with Crippen molar-refractivity contribution in [2.24, 2.45) is 0 Å². The lowest BCUT2D eigenvalue weighted by Crippen LogP contribution is -2.24. The van der Waals surface area contributed by atoms with E-state index in [4.69, 9.17) is 4.74 Å². The first kappa shape index (κ1) is 13.1. The Morgan fingerprint density at radius 3 is 3.00 bits per heavy atom. The number of nitrogens with one attached hydrogen (secondary N) is 1.